The van der Waals surface area contributed by atoms with Gasteiger partial charge in [-0.3, -0.25) is 5.10 Å². The summed E-state index contributed by atoms with van der Waals surface area (Å²) in [6.07, 6.45) is 2.42. The largest absolute Gasteiger partial charge is 0.392 e. The van der Waals surface area contributed by atoms with E-state index in [1.807, 2.05) is 13.8 Å². The molecule has 104 valence electrons. The molecule has 0 aromatic carbocycles. The summed E-state index contributed by atoms with van der Waals surface area (Å²) in [6.45, 7) is 5.28. The van der Waals surface area contributed by atoms with Gasteiger partial charge in [0.25, 0.3) is 10.0 Å². The van der Waals surface area contributed by atoms with Crippen molar-refractivity contribution in [2.75, 3.05) is 0 Å². The van der Waals surface area contributed by atoms with Crippen molar-refractivity contribution < 1.29 is 13.5 Å². The molecule has 1 aromatic rings. The van der Waals surface area contributed by atoms with Crippen LogP contribution in [0.4, 0.5) is 0 Å². The lowest BCUT2D eigenvalue weighted by atomic mass is 10.1. The average Bonchev–Trinajstić information content (AvgIpc) is 2.70. The molecule has 1 unspecified atom stereocenters. The van der Waals surface area contributed by atoms with Gasteiger partial charge in [-0.15, -0.1) is 0 Å². The summed E-state index contributed by atoms with van der Waals surface area (Å²) in [7, 11) is -3.67. The molecule has 1 rings (SSSR count). The van der Waals surface area contributed by atoms with Crippen LogP contribution in [0.3, 0.4) is 0 Å². The molecule has 0 radical (unpaired) electrons. The van der Waals surface area contributed by atoms with Gasteiger partial charge >= 0.3 is 0 Å². The van der Waals surface area contributed by atoms with Crippen molar-refractivity contribution in [2.24, 2.45) is 0 Å². The van der Waals surface area contributed by atoms with Crippen LogP contribution < -0.4 is 4.72 Å². The number of aromatic amines is 1. The molecule has 0 bridgehead atoms. The lowest BCUT2D eigenvalue weighted by Crippen LogP contribution is -2.35. The van der Waals surface area contributed by atoms with E-state index in [9.17, 15) is 13.5 Å². The maximum Gasteiger partial charge on any atom is 0.260 e. The molecule has 1 atom stereocenters. The molecule has 0 amide bonds. The molecule has 0 aliphatic rings. The summed E-state index contributed by atoms with van der Waals surface area (Å²) in [4.78, 5) is 0. The molecule has 3 N–H and O–H groups in total. The number of aromatic nitrogens is 2. The average molecular weight is 275 g/mol. The van der Waals surface area contributed by atoms with E-state index in [-0.39, 0.29) is 17.7 Å². The summed E-state index contributed by atoms with van der Waals surface area (Å²) < 4.78 is 27.0. The lowest BCUT2D eigenvalue weighted by Gasteiger charge is -2.15. The van der Waals surface area contributed by atoms with Crippen molar-refractivity contribution in [1.82, 2.24) is 14.9 Å². The first kappa shape index (κ1) is 15.1. The summed E-state index contributed by atoms with van der Waals surface area (Å²) in [5, 5.41) is 15.5. The number of aliphatic hydroxyl groups excluding tert-OH is 1. The monoisotopic (exact) mass is 275 g/mol. The fraction of sp³-hybridized carbons (Fsp3) is 0.727. The molecule has 0 aliphatic heterocycles. The fourth-order valence-corrected chi connectivity index (χ4v) is 3.35. The van der Waals surface area contributed by atoms with Gasteiger partial charge in [0.15, 0.2) is 5.03 Å². The highest BCUT2D eigenvalue weighted by molar-refractivity contribution is 7.89. The number of nitrogens with zero attached hydrogens (tertiary/aromatic N) is 1. The predicted molar refractivity (Wildman–Crippen MR) is 68.6 cm³/mol. The minimum absolute atomic E-state index is 0.0939. The van der Waals surface area contributed by atoms with Gasteiger partial charge in [0.05, 0.1) is 6.61 Å². The highest BCUT2D eigenvalue weighted by atomic mass is 32.2. The summed E-state index contributed by atoms with van der Waals surface area (Å²) >= 11 is 0. The number of aliphatic hydroxyl groups is 1. The lowest BCUT2D eigenvalue weighted by molar-refractivity contribution is 0.277. The Hall–Kier alpha value is -0.920. The number of aryl methyl sites for hydroxylation is 1. The van der Waals surface area contributed by atoms with Crippen LogP contribution in [-0.2, 0) is 16.6 Å². The summed E-state index contributed by atoms with van der Waals surface area (Å²) in [5.74, 6) is 0. The first-order valence-electron chi connectivity index (χ1n) is 6.13. The zero-order valence-corrected chi connectivity index (χ0v) is 11.8. The molecular weight excluding hydrogens is 254 g/mol. The Kier molecular flexibility index (Phi) is 5.30. The van der Waals surface area contributed by atoms with Gasteiger partial charge in [-0.1, -0.05) is 20.3 Å². The Morgan fingerprint density at radius 2 is 2.11 bits per heavy atom. The second-order valence-corrected chi connectivity index (χ2v) is 5.93. The Morgan fingerprint density at radius 1 is 1.44 bits per heavy atom. The van der Waals surface area contributed by atoms with E-state index in [0.29, 0.717) is 11.3 Å². The van der Waals surface area contributed by atoms with Crippen molar-refractivity contribution in [3.63, 3.8) is 0 Å². The van der Waals surface area contributed by atoms with Crippen LogP contribution in [0.25, 0.3) is 0 Å². The second kappa shape index (κ2) is 6.31. The minimum Gasteiger partial charge on any atom is -0.392 e. The molecule has 1 aromatic heterocycles. The van der Waals surface area contributed by atoms with Gasteiger partial charge in [0.2, 0.25) is 0 Å². The zero-order chi connectivity index (χ0) is 13.8. The quantitative estimate of drug-likeness (QED) is 0.693. The molecule has 0 spiro atoms. The van der Waals surface area contributed by atoms with Crippen LogP contribution in [0.5, 0.6) is 0 Å². The van der Waals surface area contributed by atoms with E-state index in [2.05, 4.69) is 14.9 Å². The van der Waals surface area contributed by atoms with Crippen molar-refractivity contribution in [2.45, 2.75) is 57.7 Å². The summed E-state index contributed by atoms with van der Waals surface area (Å²) in [5.41, 5.74) is 0.898. The molecule has 7 heteroatoms. The Morgan fingerprint density at radius 3 is 2.61 bits per heavy atom. The molecule has 18 heavy (non-hydrogen) atoms. The molecule has 0 fully saturated rings. The molecule has 6 nitrogen and oxygen atoms in total. The van der Waals surface area contributed by atoms with Crippen LogP contribution in [0.1, 0.15) is 44.4 Å². The first-order valence-corrected chi connectivity index (χ1v) is 7.61. The minimum atomic E-state index is -3.67. The van der Waals surface area contributed by atoms with Crippen molar-refractivity contribution in [3.8, 4) is 0 Å². The first-order chi connectivity index (χ1) is 8.46. The third-order valence-corrected chi connectivity index (χ3v) is 4.39. The number of H-pyrrole nitrogens is 1. The molecule has 1 heterocycles. The van der Waals surface area contributed by atoms with Gasteiger partial charge < -0.3 is 5.11 Å². The van der Waals surface area contributed by atoms with Gasteiger partial charge in [0, 0.05) is 17.3 Å². The predicted octanol–water partition coefficient (Wildman–Crippen LogP) is 1.07. The van der Waals surface area contributed by atoms with Crippen LogP contribution in [0.15, 0.2) is 5.03 Å². The highest BCUT2D eigenvalue weighted by Gasteiger charge is 2.25. The Labute approximate surface area is 108 Å². The van der Waals surface area contributed by atoms with E-state index in [1.165, 1.54) is 0 Å². The highest BCUT2D eigenvalue weighted by Crippen LogP contribution is 2.17. The second-order valence-electron chi connectivity index (χ2n) is 4.31. The normalized spacial score (nSPS) is 13.8. The Balaban J connectivity index is 2.98. The van der Waals surface area contributed by atoms with E-state index < -0.39 is 10.0 Å². The standard InChI is InChI=1S/C11H21N3O3S/c1-4-6-9(5-2)14-18(16,17)11-10(7-15)8(3)12-13-11/h9,14-15H,4-7H2,1-3H3,(H,12,13). The van der Waals surface area contributed by atoms with Crippen LogP contribution >= 0.6 is 0 Å². The third kappa shape index (κ3) is 3.30. The van der Waals surface area contributed by atoms with Gasteiger partial charge in [-0.25, -0.2) is 13.1 Å². The van der Waals surface area contributed by atoms with Gasteiger partial charge in [-0.2, -0.15) is 5.10 Å². The molecule has 0 saturated carbocycles. The Bertz CT molecular complexity index is 482. The maximum atomic E-state index is 12.2. The van der Waals surface area contributed by atoms with Crippen LogP contribution in [0.2, 0.25) is 0 Å². The SMILES string of the molecule is CCCC(CC)NS(=O)(=O)c1n[nH]c(C)c1CO. The number of sulfonamides is 1. The van der Waals surface area contributed by atoms with Crippen molar-refractivity contribution >= 4 is 10.0 Å². The summed E-state index contributed by atoms with van der Waals surface area (Å²) in [6, 6.07) is -0.0939. The maximum absolute atomic E-state index is 12.2. The zero-order valence-electron chi connectivity index (χ0n) is 11.0. The molecular formula is C11H21N3O3S. The number of hydrogen-bond donors (Lipinski definition) is 3. The third-order valence-electron chi connectivity index (χ3n) is 2.90. The number of rotatable bonds is 7. The van der Waals surface area contributed by atoms with E-state index >= 15 is 0 Å². The number of nitrogens with one attached hydrogen (secondary N) is 2. The topological polar surface area (TPSA) is 95.1 Å². The van der Waals surface area contributed by atoms with E-state index in [1.54, 1.807) is 6.92 Å². The van der Waals surface area contributed by atoms with Crippen molar-refractivity contribution in [3.05, 3.63) is 11.3 Å². The number of hydrogen-bond acceptors (Lipinski definition) is 4. The molecule has 0 aliphatic carbocycles. The van der Waals surface area contributed by atoms with Crippen molar-refractivity contribution in [1.29, 1.82) is 0 Å². The van der Waals surface area contributed by atoms with Gasteiger partial charge in [-0.05, 0) is 19.8 Å². The van der Waals surface area contributed by atoms with E-state index in [0.717, 1.165) is 19.3 Å². The van der Waals surface area contributed by atoms with Gasteiger partial charge in [0.1, 0.15) is 0 Å². The van der Waals surface area contributed by atoms with Crippen LogP contribution in [0, 0.1) is 6.92 Å². The smallest absolute Gasteiger partial charge is 0.260 e. The molecule has 0 saturated heterocycles. The van der Waals surface area contributed by atoms with E-state index in [4.69, 9.17) is 0 Å². The fourth-order valence-electron chi connectivity index (χ4n) is 1.81. The van der Waals surface area contributed by atoms with Crippen LogP contribution in [-0.4, -0.2) is 29.8 Å².